The van der Waals surface area contributed by atoms with Crippen molar-refractivity contribution in [2.24, 2.45) is 0 Å². The summed E-state index contributed by atoms with van der Waals surface area (Å²) in [5.74, 6) is 1.38. The van der Waals surface area contributed by atoms with Gasteiger partial charge in [0.25, 0.3) is 0 Å². The third-order valence-electron chi connectivity index (χ3n) is 5.18. The topological polar surface area (TPSA) is 112 Å². The Kier molecular flexibility index (Phi) is 4.36. The minimum absolute atomic E-state index is 0.347. The Labute approximate surface area is 145 Å². The third kappa shape index (κ3) is 2.89. The monoisotopic (exact) mass is 348 g/mol. The van der Waals surface area contributed by atoms with Crippen molar-refractivity contribution in [3.8, 4) is 0 Å². The number of aliphatic hydroxyl groups excluding tert-OH is 3. The van der Waals surface area contributed by atoms with E-state index in [0.717, 1.165) is 24.2 Å². The van der Waals surface area contributed by atoms with Crippen LogP contribution in [0.25, 0.3) is 5.52 Å². The Balaban J connectivity index is 1.70. The minimum atomic E-state index is -1.13. The fourth-order valence-electron chi connectivity index (χ4n) is 3.85. The summed E-state index contributed by atoms with van der Waals surface area (Å²) < 4.78 is 7.36. The van der Waals surface area contributed by atoms with E-state index in [-0.39, 0.29) is 6.61 Å². The maximum Gasteiger partial charge on any atom is 0.154 e. The van der Waals surface area contributed by atoms with Gasteiger partial charge in [-0.2, -0.15) is 5.10 Å². The van der Waals surface area contributed by atoms with Crippen LogP contribution < -0.4 is 5.32 Å². The van der Waals surface area contributed by atoms with Crippen molar-refractivity contribution >= 4 is 11.3 Å². The molecule has 8 nitrogen and oxygen atoms in total. The smallest absolute Gasteiger partial charge is 0.154 e. The summed E-state index contributed by atoms with van der Waals surface area (Å²) in [5, 5.41) is 37.6. The number of anilines is 1. The van der Waals surface area contributed by atoms with Crippen LogP contribution in [0.1, 0.15) is 43.3 Å². The van der Waals surface area contributed by atoms with Gasteiger partial charge in [-0.1, -0.05) is 12.8 Å². The molecule has 0 bridgehead atoms. The third-order valence-corrected chi connectivity index (χ3v) is 5.18. The fourth-order valence-corrected chi connectivity index (χ4v) is 3.85. The standard InChI is InChI=1S/C17H24N4O4/c1-9-18-17(19-10-4-2-3-5-10)12-7-6-11(21(12)20-9)16-15(24)14(23)13(8-22)25-16/h6-7,10,13-16,22-24H,2-5,8H2,1H3,(H,18,19,20)/t13-,14-,15-,16+/m1/s1. The van der Waals surface area contributed by atoms with E-state index in [2.05, 4.69) is 15.4 Å². The summed E-state index contributed by atoms with van der Waals surface area (Å²) in [5.41, 5.74) is 1.45. The zero-order valence-corrected chi connectivity index (χ0v) is 14.2. The van der Waals surface area contributed by atoms with Crippen LogP contribution in [0.2, 0.25) is 0 Å². The fraction of sp³-hybridized carbons (Fsp3) is 0.647. The lowest BCUT2D eigenvalue weighted by atomic mass is 10.1. The lowest BCUT2D eigenvalue weighted by molar-refractivity contribution is -0.0244. The summed E-state index contributed by atoms with van der Waals surface area (Å²) in [6, 6.07) is 4.13. The van der Waals surface area contributed by atoms with Crippen LogP contribution in [0.15, 0.2) is 12.1 Å². The van der Waals surface area contributed by atoms with E-state index in [1.165, 1.54) is 12.8 Å². The molecule has 2 aromatic heterocycles. The molecule has 0 unspecified atom stereocenters. The van der Waals surface area contributed by atoms with Gasteiger partial charge < -0.3 is 25.4 Å². The first-order valence-electron chi connectivity index (χ1n) is 8.83. The molecule has 4 atom stereocenters. The number of hydrogen-bond acceptors (Lipinski definition) is 7. The van der Waals surface area contributed by atoms with Gasteiger partial charge in [0.05, 0.1) is 12.3 Å². The van der Waals surface area contributed by atoms with Gasteiger partial charge in [0.15, 0.2) is 5.82 Å². The molecule has 0 amide bonds. The average molecular weight is 348 g/mol. The van der Waals surface area contributed by atoms with Crippen molar-refractivity contribution in [1.82, 2.24) is 14.6 Å². The van der Waals surface area contributed by atoms with Crippen LogP contribution in [0.5, 0.6) is 0 Å². The summed E-state index contributed by atoms with van der Waals surface area (Å²) in [4.78, 5) is 4.53. The lowest BCUT2D eigenvalue weighted by Crippen LogP contribution is -2.32. The second-order valence-electron chi connectivity index (χ2n) is 6.95. The molecule has 4 rings (SSSR count). The molecule has 1 aliphatic heterocycles. The number of nitrogens with zero attached hydrogens (tertiary/aromatic N) is 3. The van der Waals surface area contributed by atoms with Crippen LogP contribution in [0.4, 0.5) is 5.82 Å². The van der Waals surface area contributed by atoms with Crippen molar-refractivity contribution in [1.29, 1.82) is 0 Å². The van der Waals surface area contributed by atoms with Gasteiger partial charge in [0, 0.05) is 6.04 Å². The molecular formula is C17H24N4O4. The zero-order chi connectivity index (χ0) is 17.6. The van der Waals surface area contributed by atoms with E-state index < -0.39 is 24.4 Å². The molecule has 2 aromatic rings. The van der Waals surface area contributed by atoms with E-state index in [1.807, 2.05) is 19.1 Å². The van der Waals surface area contributed by atoms with Gasteiger partial charge in [0.2, 0.25) is 0 Å². The number of aryl methyl sites for hydroxylation is 1. The van der Waals surface area contributed by atoms with Gasteiger partial charge in [-0.15, -0.1) is 0 Å². The van der Waals surface area contributed by atoms with E-state index in [1.54, 1.807) is 4.52 Å². The van der Waals surface area contributed by atoms with Crippen molar-refractivity contribution in [3.63, 3.8) is 0 Å². The van der Waals surface area contributed by atoms with Crippen molar-refractivity contribution < 1.29 is 20.1 Å². The number of fused-ring (bicyclic) bond motifs is 1. The predicted octanol–water partition coefficient (Wildman–Crippen LogP) is 0.546. The molecule has 1 aliphatic carbocycles. The Morgan fingerprint density at radius 1 is 1.24 bits per heavy atom. The SMILES string of the molecule is Cc1nc(NC2CCCC2)c2ccc([C@@H]3O[C@H](CO)[C@@H](O)[C@H]3O)n2n1. The highest BCUT2D eigenvalue weighted by Crippen LogP contribution is 2.35. The highest BCUT2D eigenvalue weighted by atomic mass is 16.6. The first kappa shape index (κ1) is 16.7. The van der Waals surface area contributed by atoms with E-state index in [0.29, 0.717) is 17.6 Å². The molecule has 4 N–H and O–H groups in total. The van der Waals surface area contributed by atoms with Crippen LogP contribution in [-0.4, -0.2) is 60.9 Å². The molecular weight excluding hydrogens is 324 g/mol. The molecule has 0 radical (unpaired) electrons. The van der Waals surface area contributed by atoms with Crippen LogP contribution in [0, 0.1) is 6.92 Å². The Bertz CT molecular complexity index is 758. The minimum Gasteiger partial charge on any atom is -0.394 e. The van der Waals surface area contributed by atoms with Gasteiger partial charge in [0.1, 0.15) is 35.8 Å². The molecule has 2 aliphatic rings. The molecule has 3 heterocycles. The highest BCUT2D eigenvalue weighted by molar-refractivity contribution is 5.68. The molecule has 1 saturated carbocycles. The molecule has 8 heteroatoms. The maximum absolute atomic E-state index is 10.3. The molecule has 136 valence electrons. The Morgan fingerprint density at radius 2 is 2.00 bits per heavy atom. The first-order chi connectivity index (χ1) is 12.1. The summed E-state index contributed by atoms with van der Waals surface area (Å²) in [6.45, 7) is 1.47. The lowest BCUT2D eigenvalue weighted by Gasteiger charge is -2.17. The van der Waals surface area contributed by atoms with Gasteiger partial charge in [-0.05, 0) is 31.9 Å². The Morgan fingerprint density at radius 3 is 2.68 bits per heavy atom. The van der Waals surface area contributed by atoms with Crippen LogP contribution in [0.3, 0.4) is 0 Å². The number of rotatable bonds is 4. The zero-order valence-electron chi connectivity index (χ0n) is 14.2. The second-order valence-corrected chi connectivity index (χ2v) is 6.95. The van der Waals surface area contributed by atoms with E-state index in [9.17, 15) is 15.3 Å². The second kappa shape index (κ2) is 6.53. The quantitative estimate of drug-likeness (QED) is 0.638. The van der Waals surface area contributed by atoms with Gasteiger partial charge in [-0.3, -0.25) is 0 Å². The molecule has 2 fully saturated rings. The largest absolute Gasteiger partial charge is 0.394 e. The maximum atomic E-state index is 10.3. The van der Waals surface area contributed by atoms with Crippen molar-refractivity contribution in [2.75, 3.05) is 11.9 Å². The van der Waals surface area contributed by atoms with E-state index >= 15 is 0 Å². The normalized spacial score (nSPS) is 30.4. The number of hydrogen-bond donors (Lipinski definition) is 4. The van der Waals surface area contributed by atoms with Crippen LogP contribution in [-0.2, 0) is 4.74 Å². The first-order valence-corrected chi connectivity index (χ1v) is 8.83. The summed E-state index contributed by atoms with van der Waals surface area (Å²) in [6.07, 6.45) is 0.943. The van der Waals surface area contributed by atoms with Gasteiger partial charge in [-0.25, -0.2) is 9.50 Å². The molecule has 1 saturated heterocycles. The molecule has 0 aromatic carbocycles. The predicted molar refractivity (Wildman–Crippen MR) is 90.3 cm³/mol. The number of aromatic nitrogens is 3. The molecule has 25 heavy (non-hydrogen) atoms. The number of aliphatic hydroxyl groups is 3. The number of nitrogens with one attached hydrogen (secondary N) is 1. The number of ether oxygens (including phenoxy) is 1. The van der Waals surface area contributed by atoms with Gasteiger partial charge >= 0.3 is 0 Å². The van der Waals surface area contributed by atoms with Crippen molar-refractivity contribution in [2.45, 2.75) is 63.1 Å². The highest BCUT2D eigenvalue weighted by Gasteiger charge is 2.44. The van der Waals surface area contributed by atoms with E-state index in [4.69, 9.17) is 4.74 Å². The van der Waals surface area contributed by atoms with Crippen LogP contribution >= 0.6 is 0 Å². The molecule has 0 spiro atoms. The van der Waals surface area contributed by atoms with Crippen molar-refractivity contribution in [3.05, 3.63) is 23.7 Å². The average Bonchev–Trinajstić information content (AvgIpc) is 3.29. The summed E-state index contributed by atoms with van der Waals surface area (Å²) >= 11 is 0. The Hall–Kier alpha value is -1.74. The summed E-state index contributed by atoms with van der Waals surface area (Å²) in [7, 11) is 0.